The average Bonchev–Trinajstić information content (AvgIpc) is 2.12. The monoisotopic (exact) mass is 269 g/mol. The summed E-state index contributed by atoms with van der Waals surface area (Å²) in [6.07, 6.45) is -1.74. The van der Waals surface area contributed by atoms with Crippen LogP contribution in [0.3, 0.4) is 0 Å². The van der Waals surface area contributed by atoms with Crippen molar-refractivity contribution in [1.82, 2.24) is 0 Å². The van der Waals surface area contributed by atoms with Gasteiger partial charge in [-0.1, -0.05) is 0 Å². The second-order valence-corrected chi connectivity index (χ2v) is 9.14. The third-order valence-corrected chi connectivity index (χ3v) is 8.53. The zero-order valence-electron chi connectivity index (χ0n) is 5.58. The molecule has 1 radical (unpaired) electrons. The van der Waals surface area contributed by atoms with Gasteiger partial charge < -0.3 is 0 Å². The molecule has 0 nitrogen and oxygen atoms in total. The predicted octanol–water partition coefficient (Wildman–Crippen LogP) is 2.84. The molecule has 10 heavy (non-hydrogen) atoms. The number of hydrogen-bond acceptors (Lipinski definition) is 0. The Hall–Kier alpha value is 0.580. The maximum atomic E-state index is 11.8. The normalized spacial score (nSPS) is 21.9. The van der Waals surface area contributed by atoms with E-state index in [1.165, 1.54) is 0 Å². The standard InChI is InChI=1S/C6H10F3Te/c7-6(8,9)5-10-3-1-2-4-10/h1-5H2. The van der Waals surface area contributed by atoms with Gasteiger partial charge in [-0.3, -0.25) is 0 Å². The van der Waals surface area contributed by atoms with Crippen molar-refractivity contribution in [2.24, 2.45) is 0 Å². The Morgan fingerprint density at radius 1 is 1.10 bits per heavy atom. The third-order valence-electron chi connectivity index (χ3n) is 1.48. The molecular formula is C6H10F3Te. The molecule has 0 N–H and O–H groups in total. The Balaban J connectivity index is 2.24. The van der Waals surface area contributed by atoms with Gasteiger partial charge in [-0.15, -0.1) is 0 Å². The van der Waals surface area contributed by atoms with Gasteiger partial charge in [-0.05, 0) is 0 Å². The van der Waals surface area contributed by atoms with Crippen LogP contribution in [-0.4, -0.2) is 25.7 Å². The predicted molar refractivity (Wildman–Crippen MR) is 35.5 cm³/mol. The molecule has 1 aliphatic heterocycles. The number of hydrogen-bond donors (Lipinski definition) is 0. The molecule has 1 heterocycles. The first-order valence-electron chi connectivity index (χ1n) is 3.29. The first-order chi connectivity index (χ1) is 4.58. The Labute approximate surface area is 65.4 Å². The van der Waals surface area contributed by atoms with Gasteiger partial charge in [0.2, 0.25) is 0 Å². The van der Waals surface area contributed by atoms with Crippen LogP contribution in [0.25, 0.3) is 0 Å². The Bertz CT molecular complexity index is 104. The first-order valence-corrected chi connectivity index (χ1v) is 8.23. The zero-order valence-corrected chi connectivity index (χ0v) is 7.91. The van der Waals surface area contributed by atoms with E-state index in [2.05, 4.69) is 0 Å². The quantitative estimate of drug-likeness (QED) is 0.641. The number of halogens is 3. The molecule has 1 saturated heterocycles. The molecule has 0 bridgehead atoms. The van der Waals surface area contributed by atoms with Crippen molar-refractivity contribution in [2.45, 2.75) is 32.4 Å². The Kier molecular flexibility index (Phi) is 2.88. The molecular weight excluding hydrogens is 257 g/mol. The minimum absolute atomic E-state index is 0.392. The van der Waals surface area contributed by atoms with E-state index < -0.39 is 30.2 Å². The van der Waals surface area contributed by atoms with Crippen molar-refractivity contribution < 1.29 is 13.2 Å². The van der Waals surface area contributed by atoms with E-state index in [0.29, 0.717) is 0 Å². The van der Waals surface area contributed by atoms with Crippen molar-refractivity contribution in [1.29, 1.82) is 0 Å². The van der Waals surface area contributed by atoms with E-state index in [4.69, 9.17) is 0 Å². The van der Waals surface area contributed by atoms with Crippen molar-refractivity contribution >= 4 is 19.6 Å². The average molecular weight is 267 g/mol. The molecule has 0 aliphatic carbocycles. The van der Waals surface area contributed by atoms with E-state index in [9.17, 15) is 13.2 Å². The molecule has 0 spiro atoms. The first kappa shape index (κ1) is 8.67. The minimum atomic E-state index is -3.86. The molecule has 1 rings (SSSR count). The summed E-state index contributed by atoms with van der Waals surface area (Å²) in [6.45, 7) is 0. The summed E-state index contributed by atoms with van der Waals surface area (Å²) in [7, 11) is 0. The van der Waals surface area contributed by atoms with Crippen LogP contribution in [0.2, 0.25) is 13.4 Å². The van der Waals surface area contributed by atoms with Gasteiger partial charge in [-0.2, -0.15) is 0 Å². The van der Waals surface area contributed by atoms with Gasteiger partial charge >= 0.3 is 65.1 Å². The number of alkyl halides is 3. The SMILES string of the molecule is FC(F)(F)C[Te]1CCCC1. The van der Waals surface area contributed by atoms with E-state index >= 15 is 0 Å². The fourth-order valence-corrected chi connectivity index (χ4v) is 7.31. The third kappa shape index (κ3) is 3.11. The Morgan fingerprint density at radius 3 is 2.00 bits per heavy atom. The molecule has 61 valence electrons. The van der Waals surface area contributed by atoms with Crippen LogP contribution >= 0.6 is 0 Å². The topological polar surface area (TPSA) is 0 Å². The number of rotatable bonds is 1. The van der Waals surface area contributed by atoms with Gasteiger partial charge in [0.25, 0.3) is 0 Å². The second kappa shape index (κ2) is 3.32. The van der Waals surface area contributed by atoms with E-state index in [0.717, 1.165) is 21.8 Å². The van der Waals surface area contributed by atoms with E-state index in [1.54, 1.807) is 0 Å². The molecule has 0 unspecified atom stereocenters. The maximum absolute atomic E-state index is 11.8. The van der Waals surface area contributed by atoms with Gasteiger partial charge in [0.15, 0.2) is 0 Å². The van der Waals surface area contributed by atoms with Crippen molar-refractivity contribution in [3.05, 3.63) is 0 Å². The molecule has 0 aromatic heterocycles. The molecule has 0 saturated carbocycles. The molecule has 1 fully saturated rings. The summed E-state index contributed by atoms with van der Waals surface area (Å²) < 4.78 is 36.8. The van der Waals surface area contributed by atoms with Gasteiger partial charge in [0, 0.05) is 0 Å². The van der Waals surface area contributed by atoms with Crippen molar-refractivity contribution in [2.75, 3.05) is 0 Å². The summed E-state index contributed by atoms with van der Waals surface area (Å²) in [5.41, 5.74) is 0. The van der Waals surface area contributed by atoms with Gasteiger partial charge in [0.1, 0.15) is 0 Å². The molecule has 1 aliphatic rings. The van der Waals surface area contributed by atoms with Crippen molar-refractivity contribution in [3.8, 4) is 0 Å². The van der Waals surface area contributed by atoms with Gasteiger partial charge in [0.05, 0.1) is 0 Å². The van der Waals surface area contributed by atoms with E-state index in [-0.39, 0.29) is 0 Å². The zero-order chi connectivity index (χ0) is 7.61. The van der Waals surface area contributed by atoms with Crippen LogP contribution in [0, 0.1) is 0 Å². The van der Waals surface area contributed by atoms with Crippen LogP contribution in [-0.2, 0) is 0 Å². The van der Waals surface area contributed by atoms with E-state index in [1.807, 2.05) is 0 Å². The van der Waals surface area contributed by atoms with Crippen LogP contribution in [0.15, 0.2) is 0 Å². The van der Waals surface area contributed by atoms with Crippen LogP contribution in [0.1, 0.15) is 12.8 Å². The second-order valence-electron chi connectivity index (χ2n) is 2.49. The fourth-order valence-electron chi connectivity index (χ4n) is 1.09. The summed E-state index contributed by atoms with van der Waals surface area (Å²) in [6, 6.07) is 0. The molecule has 0 aromatic rings. The van der Waals surface area contributed by atoms with Gasteiger partial charge in [-0.25, -0.2) is 0 Å². The van der Waals surface area contributed by atoms with Crippen LogP contribution in [0.5, 0.6) is 0 Å². The molecule has 4 heteroatoms. The van der Waals surface area contributed by atoms with Crippen molar-refractivity contribution in [3.63, 3.8) is 0 Å². The van der Waals surface area contributed by atoms with Crippen LogP contribution in [0.4, 0.5) is 13.2 Å². The summed E-state index contributed by atoms with van der Waals surface area (Å²) in [5.74, 6) is 0. The fraction of sp³-hybridized carbons (Fsp3) is 1.00. The molecule has 0 aromatic carbocycles. The summed E-state index contributed by atoms with van der Waals surface area (Å²) >= 11 is -1.61. The summed E-state index contributed by atoms with van der Waals surface area (Å²) in [5, 5.41) is 0. The summed E-state index contributed by atoms with van der Waals surface area (Å²) in [4.78, 5) is 0. The Morgan fingerprint density at radius 2 is 1.60 bits per heavy atom. The molecule has 0 amide bonds. The van der Waals surface area contributed by atoms with Crippen LogP contribution < -0.4 is 0 Å². The molecule has 0 atom stereocenters.